The quantitative estimate of drug-likeness (QED) is 0.324. The van der Waals surface area contributed by atoms with E-state index in [1.807, 2.05) is 53.4 Å². The number of carbonyl (C=O) groups is 1. The largest absolute Gasteiger partial charge is 0.486 e. The summed E-state index contributed by atoms with van der Waals surface area (Å²) in [6.07, 6.45) is 1.89. The number of para-hydroxylation sites is 3. The van der Waals surface area contributed by atoms with Gasteiger partial charge in [-0.1, -0.05) is 41.9 Å². The zero-order chi connectivity index (χ0) is 24.0. The summed E-state index contributed by atoms with van der Waals surface area (Å²) in [4.78, 5) is 19.4. The predicted molar refractivity (Wildman–Crippen MR) is 137 cm³/mol. The normalized spacial score (nSPS) is 14.3. The summed E-state index contributed by atoms with van der Waals surface area (Å²) in [7, 11) is 0. The summed E-state index contributed by atoms with van der Waals surface area (Å²) in [5.74, 6) is 2.88. The standard InChI is InChI=1S/C28H28ClN3O3/c29-22-10-12-24(13-11-22)35-20-28(33)31-16-14-21(15-17-31)18-32-26-9-5-4-8-25(26)30-27(32)19-34-23-6-2-1-3-7-23/h1-13,21H,14-20H2. The van der Waals surface area contributed by atoms with Crippen LogP contribution in [0.2, 0.25) is 5.02 Å². The van der Waals surface area contributed by atoms with Crippen LogP contribution in [-0.2, 0) is 17.9 Å². The molecule has 0 atom stereocenters. The van der Waals surface area contributed by atoms with Crippen molar-refractivity contribution in [2.24, 2.45) is 5.92 Å². The van der Waals surface area contributed by atoms with Gasteiger partial charge in [-0.05, 0) is 67.3 Å². The zero-order valence-corrected chi connectivity index (χ0v) is 20.2. The number of carbonyl (C=O) groups excluding carboxylic acids is 1. The van der Waals surface area contributed by atoms with Gasteiger partial charge in [0, 0.05) is 24.7 Å². The van der Waals surface area contributed by atoms with Gasteiger partial charge in [-0.3, -0.25) is 4.79 Å². The Hall–Kier alpha value is -3.51. The molecule has 7 heteroatoms. The van der Waals surface area contributed by atoms with Gasteiger partial charge in [0.15, 0.2) is 6.61 Å². The molecule has 1 amide bonds. The second kappa shape index (κ2) is 10.8. The molecule has 180 valence electrons. The van der Waals surface area contributed by atoms with E-state index >= 15 is 0 Å². The third kappa shape index (κ3) is 5.77. The summed E-state index contributed by atoms with van der Waals surface area (Å²) in [5.41, 5.74) is 2.10. The number of amides is 1. The van der Waals surface area contributed by atoms with E-state index in [9.17, 15) is 4.79 Å². The maximum Gasteiger partial charge on any atom is 0.260 e. The Morgan fingerprint density at radius 3 is 2.34 bits per heavy atom. The summed E-state index contributed by atoms with van der Waals surface area (Å²) in [6.45, 7) is 2.78. The molecular weight excluding hydrogens is 462 g/mol. The summed E-state index contributed by atoms with van der Waals surface area (Å²) >= 11 is 5.90. The van der Waals surface area contributed by atoms with Crippen molar-refractivity contribution < 1.29 is 14.3 Å². The van der Waals surface area contributed by atoms with Crippen molar-refractivity contribution in [3.63, 3.8) is 0 Å². The second-order valence-electron chi connectivity index (χ2n) is 8.80. The van der Waals surface area contributed by atoms with Gasteiger partial charge in [0.2, 0.25) is 0 Å². The van der Waals surface area contributed by atoms with Gasteiger partial charge in [0.05, 0.1) is 11.0 Å². The smallest absolute Gasteiger partial charge is 0.260 e. The van der Waals surface area contributed by atoms with Crippen LogP contribution in [0.5, 0.6) is 11.5 Å². The molecule has 1 saturated heterocycles. The van der Waals surface area contributed by atoms with Crippen LogP contribution in [0, 0.1) is 5.92 Å². The fraction of sp³-hybridized carbons (Fsp3) is 0.286. The molecule has 0 spiro atoms. The van der Waals surface area contributed by atoms with Crippen molar-refractivity contribution in [3.8, 4) is 11.5 Å². The van der Waals surface area contributed by atoms with Crippen molar-refractivity contribution in [1.29, 1.82) is 0 Å². The molecule has 4 aromatic rings. The van der Waals surface area contributed by atoms with Gasteiger partial charge in [-0.15, -0.1) is 0 Å². The highest BCUT2D eigenvalue weighted by Crippen LogP contribution is 2.25. The molecule has 1 aliphatic heterocycles. The Balaban J connectivity index is 1.19. The number of hydrogen-bond donors (Lipinski definition) is 0. The van der Waals surface area contributed by atoms with Gasteiger partial charge in [0.1, 0.15) is 23.9 Å². The summed E-state index contributed by atoms with van der Waals surface area (Å²) in [6, 6.07) is 25.1. The van der Waals surface area contributed by atoms with E-state index in [1.165, 1.54) is 0 Å². The highest BCUT2D eigenvalue weighted by molar-refractivity contribution is 6.30. The van der Waals surface area contributed by atoms with E-state index in [-0.39, 0.29) is 12.5 Å². The van der Waals surface area contributed by atoms with Gasteiger partial charge in [-0.2, -0.15) is 0 Å². The van der Waals surface area contributed by atoms with Crippen molar-refractivity contribution in [1.82, 2.24) is 14.5 Å². The lowest BCUT2D eigenvalue weighted by Crippen LogP contribution is -2.41. The first kappa shape index (κ1) is 23.2. The highest BCUT2D eigenvalue weighted by atomic mass is 35.5. The molecule has 0 unspecified atom stereocenters. The predicted octanol–water partition coefficient (Wildman–Crippen LogP) is 5.59. The Morgan fingerprint density at radius 2 is 1.57 bits per heavy atom. The zero-order valence-electron chi connectivity index (χ0n) is 19.5. The monoisotopic (exact) mass is 489 g/mol. The van der Waals surface area contributed by atoms with E-state index in [4.69, 9.17) is 26.1 Å². The highest BCUT2D eigenvalue weighted by Gasteiger charge is 2.25. The summed E-state index contributed by atoms with van der Waals surface area (Å²) < 4.78 is 13.9. The minimum Gasteiger partial charge on any atom is -0.486 e. The minimum atomic E-state index is 0.0171. The number of piperidine rings is 1. The van der Waals surface area contributed by atoms with Crippen LogP contribution in [0.25, 0.3) is 11.0 Å². The summed E-state index contributed by atoms with van der Waals surface area (Å²) in [5, 5.41) is 0.645. The molecule has 0 N–H and O–H groups in total. The first-order valence-electron chi connectivity index (χ1n) is 11.9. The molecule has 1 aliphatic rings. The molecule has 0 saturated carbocycles. The lowest BCUT2D eigenvalue weighted by Gasteiger charge is -2.32. The molecule has 0 radical (unpaired) electrons. The van der Waals surface area contributed by atoms with Crippen molar-refractivity contribution in [3.05, 3.63) is 89.7 Å². The van der Waals surface area contributed by atoms with Crippen LogP contribution in [0.3, 0.4) is 0 Å². The van der Waals surface area contributed by atoms with Crippen molar-refractivity contribution in [2.75, 3.05) is 19.7 Å². The van der Waals surface area contributed by atoms with Crippen LogP contribution >= 0.6 is 11.6 Å². The lowest BCUT2D eigenvalue weighted by molar-refractivity contribution is -0.134. The average molecular weight is 490 g/mol. The number of likely N-dealkylation sites (tertiary alicyclic amines) is 1. The molecule has 2 heterocycles. The number of fused-ring (bicyclic) bond motifs is 1. The average Bonchev–Trinajstić information content (AvgIpc) is 3.25. The fourth-order valence-electron chi connectivity index (χ4n) is 4.49. The van der Waals surface area contributed by atoms with E-state index in [0.29, 0.717) is 23.3 Å². The third-order valence-electron chi connectivity index (χ3n) is 6.43. The third-order valence-corrected chi connectivity index (χ3v) is 6.68. The number of aromatic nitrogens is 2. The van der Waals surface area contributed by atoms with E-state index < -0.39 is 0 Å². The number of halogens is 1. The Labute approximate surface area is 210 Å². The lowest BCUT2D eigenvalue weighted by atomic mass is 9.96. The van der Waals surface area contributed by atoms with E-state index in [1.54, 1.807) is 24.3 Å². The first-order chi connectivity index (χ1) is 17.2. The van der Waals surface area contributed by atoms with Crippen LogP contribution < -0.4 is 9.47 Å². The van der Waals surface area contributed by atoms with E-state index in [2.05, 4.69) is 10.6 Å². The Morgan fingerprint density at radius 1 is 0.886 bits per heavy atom. The molecular formula is C28H28ClN3O3. The number of rotatable bonds is 8. The first-order valence-corrected chi connectivity index (χ1v) is 12.3. The fourth-order valence-corrected chi connectivity index (χ4v) is 4.62. The molecule has 35 heavy (non-hydrogen) atoms. The number of nitrogens with zero attached hydrogens (tertiary/aromatic N) is 3. The molecule has 0 aliphatic carbocycles. The molecule has 1 aromatic heterocycles. The molecule has 3 aromatic carbocycles. The van der Waals surface area contributed by atoms with Crippen LogP contribution in [-0.4, -0.2) is 40.1 Å². The molecule has 1 fully saturated rings. The Kier molecular flexibility index (Phi) is 7.19. The number of benzene rings is 3. The second-order valence-corrected chi connectivity index (χ2v) is 9.23. The molecule has 0 bridgehead atoms. The molecule has 6 nitrogen and oxygen atoms in total. The van der Waals surface area contributed by atoms with Crippen LogP contribution in [0.15, 0.2) is 78.9 Å². The maximum atomic E-state index is 12.7. The number of ether oxygens (including phenoxy) is 2. The van der Waals surface area contributed by atoms with Gasteiger partial charge in [-0.25, -0.2) is 4.98 Å². The van der Waals surface area contributed by atoms with Gasteiger partial charge >= 0.3 is 0 Å². The Bertz CT molecular complexity index is 1270. The SMILES string of the molecule is O=C(COc1ccc(Cl)cc1)N1CCC(Cn2c(COc3ccccc3)nc3ccccc32)CC1. The molecule has 5 rings (SSSR count). The van der Waals surface area contributed by atoms with Gasteiger partial charge < -0.3 is 18.9 Å². The topological polar surface area (TPSA) is 56.6 Å². The van der Waals surface area contributed by atoms with Crippen LogP contribution in [0.4, 0.5) is 0 Å². The number of imidazole rings is 1. The number of hydrogen-bond acceptors (Lipinski definition) is 4. The minimum absolute atomic E-state index is 0.0171. The van der Waals surface area contributed by atoms with E-state index in [0.717, 1.165) is 55.1 Å². The van der Waals surface area contributed by atoms with Crippen molar-refractivity contribution in [2.45, 2.75) is 26.0 Å². The van der Waals surface area contributed by atoms with Crippen molar-refractivity contribution >= 4 is 28.5 Å². The van der Waals surface area contributed by atoms with Crippen LogP contribution in [0.1, 0.15) is 18.7 Å². The van der Waals surface area contributed by atoms with Gasteiger partial charge in [0.25, 0.3) is 5.91 Å². The maximum absolute atomic E-state index is 12.7.